The molecule has 4 aromatic rings. The molecule has 5 rings (SSSR count). The molecule has 1 heterocycles. The number of hydrogen-bond acceptors (Lipinski definition) is 6. The SMILES string of the molecule is O=C(NCC(O)C(O)c1ccc(-c2csc(=O)[nH]2)cc1)OCC1c2ccccc2-c2ccccc21. The molecule has 1 aliphatic carbocycles. The summed E-state index contributed by atoms with van der Waals surface area (Å²) in [6.07, 6.45) is -3.07. The third kappa shape index (κ3) is 4.77. The highest BCUT2D eigenvalue weighted by atomic mass is 32.1. The predicted octanol–water partition coefficient (Wildman–Crippen LogP) is 4.04. The van der Waals surface area contributed by atoms with Gasteiger partial charge in [-0.15, -0.1) is 0 Å². The molecule has 0 saturated heterocycles. The molecule has 3 aromatic carbocycles. The Balaban J connectivity index is 1.15. The second kappa shape index (κ2) is 9.87. The molecule has 1 aromatic heterocycles. The van der Waals surface area contributed by atoms with E-state index in [1.165, 1.54) is 0 Å². The van der Waals surface area contributed by atoms with Gasteiger partial charge in [0.05, 0.1) is 5.69 Å². The molecule has 2 atom stereocenters. The Morgan fingerprint density at radius 3 is 2.20 bits per heavy atom. The number of H-pyrrole nitrogens is 1. The molecule has 0 bridgehead atoms. The number of aromatic nitrogens is 1. The number of carbonyl (C=O) groups is 1. The first-order chi connectivity index (χ1) is 17.0. The summed E-state index contributed by atoms with van der Waals surface area (Å²) in [6.45, 7) is 0.00207. The Labute approximate surface area is 205 Å². The van der Waals surface area contributed by atoms with E-state index in [0.717, 1.165) is 39.2 Å². The minimum atomic E-state index is -1.22. The van der Waals surface area contributed by atoms with Crippen LogP contribution in [0.1, 0.15) is 28.7 Å². The lowest BCUT2D eigenvalue weighted by Gasteiger charge is -2.19. The lowest BCUT2D eigenvalue weighted by molar-refractivity contribution is 0.0185. The summed E-state index contributed by atoms with van der Waals surface area (Å²) in [4.78, 5) is 26.3. The van der Waals surface area contributed by atoms with Crippen molar-refractivity contribution < 1.29 is 19.7 Å². The minimum Gasteiger partial charge on any atom is -0.449 e. The van der Waals surface area contributed by atoms with Crippen molar-refractivity contribution >= 4 is 17.4 Å². The van der Waals surface area contributed by atoms with Crippen LogP contribution in [0.15, 0.2) is 83.0 Å². The van der Waals surface area contributed by atoms with Crippen molar-refractivity contribution in [3.8, 4) is 22.4 Å². The van der Waals surface area contributed by atoms with Crippen LogP contribution in [0.4, 0.5) is 4.79 Å². The second-order valence-corrected chi connectivity index (χ2v) is 9.24. The summed E-state index contributed by atoms with van der Waals surface area (Å²) in [7, 11) is 0. The van der Waals surface area contributed by atoms with Gasteiger partial charge in [-0.05, 0) is 33.4 Å². The highest BCUT2D eigenvalue weighted by Crippen LogP contribution is 2.44. The van der Waals surface area contributed by atoms with Crippen LogP contribution in [-0.2, 0) is 4.74 Å². The Morgan fingerprint density at radius 2 is 1.60 bits per heavy atom. The maximum absolute atomic E-state index is 12.3. The molecular formula is C27H24N2O5S. The van der Waals surface area contributed by atoms with Gasteiger partial charge in [-0.2, -0.15) is 0 Å². The monoisotopic (exact) mass is 488 g/mol. The van der Waals surface area contributed by atoms with Crippen LogP contribution in [0.3, 0.4) is 0 Å². The average molecular weight is 489 g/mol. The third-order valence-corrected chi connectivity index (χ3v) is 6.92. The normalized spacial score (nSPS) is 14.1. The summed E-state index contributed by atoms with van der Waals surface area (Å²) in [5.41, 5.74) is 6.51. The number of hydrogen-bond donors (Lipinski definition) is 4. The minimum absolute atomic E-state index is 0.0552. The van der Waals surface area contributed by atoms with Crippen molar-refractivity contribution in [2.45, 2.75) is 18.1 Å². The molecule has 0 radical (unpaired) electrons. The predicted molar refractivity (Wildman–Crippen MR) is 134 cm³/mol. The first kappa shape index (κ1) is 23.0. The molecule has 4 N–H and O–H groups in total. The first-order valence-electron chi connectivity index (χ1n) is 11.2. The van der Waals surface area contributed by atoms with Gasteiger partial charge in [0.15, 0.2) is 0 Å². The lowest BCUT2D eigenvalue weighted by atomic mass is 9.98. The van der Waals surface area contributed by atoms with E-state index >= 15 is 0 Å². The second-order valence-electron chi connectivity index (χ2n) is 8.40. The molecule has 0 aliphatic heterocycles. The molecule has 178 valence electrons. The smallest absolute Gasteiger partial charge is 0.407 e. The van der Waals surface area contributed by atoms with E-state index in [2.05, 4.69) is 22.4 Å². The van der Waals surface area contributed by atoms with E-state index in [0.29, 0.717) is 11.3 Å². The van der Waals surface area contributed by atoms with Crippen LogP contribution in [0, 0.1) is 0 Å². The number of aliphatic hydroxyl groups excluding tert-OH is 2. The summed E-state index contributed by atoms with van der Waals surface area (Å²) in [6, 6.07) is 23.0. The lowest BCUT2D eigenvalue weighted by Crippen LogP contribution is -2.36. The summed E-state index contributed by atoms with van der Waals surface area (Å²) in [5.74, 6) is -0.0552. The molecule has 7 nitrogen and oxygen atoms in total. The summed E-state index contributed by atoms with van der Waals surface area (Å²) in [5, 5.41) is 25.1. The molecule has 0 saturated carbocycles. The molecule has 0 spiro atoms. The summed E-state index contributed by atoms with van der Waals surface area (Å²) >= 11 is 1.08. The van der Waals surface area contributed by atoms with Crippen LogP contribution in [-0.4, -0.2) is 40.5 Å². The topological polar surface area (TPSA) is 112 Å². The summed E-state index contributed by atoms with van der Waals surface area (Å²) < 4.78 is 5.47. The molecule has 0 fully saturated rings. The number of fused-ring (bicyclic) bond motifs is 3. The van der Waals surface area contributed by atoms with Crippen LogP contribution >= 0.6 is 11.3 Å². The molecule has 1 aliphatic rings. The molecule has 2 unspecified atom stereocenters. The Kier molecular flexibility index (Phi) is 6.50. The highest BCUT2D eigenvalue weighted by molar-refractivity contribution is 7.07. The first-order valence-corrected chi connectivity index (χ1v) is 12.1. The average Bonchev–Trinajstić information content (AvgIpc) is 3.47. The Hall–Kier alpha value is -3.72. The van der Waals surface area contributed by atoms with E-state index in [4.69, 9.17) is 4.74 Å². The number of rotatable bonds is 7. The number of thiazole rings is 1. The number of carbonyl (C=O) groups excluding carboxylic acids is 1. The maximum Gasteiger partial charge on any atom is 0.407 e. The molecule has 35 heavy (non-hydrogen) atoms. The molecular weight excluding hydrogens is 464 g/mol. The zero-order valence-corrected chi connectivity index (χ0v) is 19.5. The van der Waals surface area contributed by atoms with Crippen LogP contribution in [0.2, 0.25) is 0 Å². The van der Waals surface area contributed by atoms with E-state index in [9.17, 15) is 19.8 Å². The van der Waals surface area contributed by atoms with Gasteiger partial charge in [0.2, 0.25) is 0 Å². The van der Waals surface area contributed by atoms with E-state index < -0.39 is 18.3 Å². The number of ether oxygens (including phenoxy) is 1. The number of alkyl carbamates (subject to hydrolysis) is 1. The highest BCUT2D eigenvalue weighted by Gasteiger charge is 2.29. The zero-order chi connectivity index (χ0) is 24.4. The van der Waals surface area contributed by atoms with Crippen molar-refractivity contribution in [2.24, 2.45) is 0 Å². The largest absolute Gasteiger partial charge is 0.449 e. The van der Waals surface area contributed by atoms with Crippen LogP contribution in [0.25, 0.3) is 22.4 Å². The fourth-order valence-electron chi connectivity index (χ4n) is 4.45. The van der Waals surface area contributed by atoms with Gasteiger partial charge in [0, 0.05) is 17.8 Å². The van der Waals surface area contributed by atoms with Crippen molar-refractivity contribution in [3.63, 3.8) is 0 Å². The number of benzene rings is 3. The van der Waals surface area contributed by atoms with Gasteiger partial charge < -0.3 is 25.3 Å². The van der Waals surface area contributed by atoms with Crippen molar-refractivity contribution in [1.29, 1.82) is 0 Å². The van der Waals surface area contributed by atoms with Gasteiger partial charge in [-0.25, -0.2) is 4.79 Å². The Bertz CT molecular complexity index is 1350. The van der Waals surface area contributed by atoms with Gasteiger partial charge in [-0.3, -0.25) is 4.79 Å². The van der Waals surface area contributed by atoms with Gasteiger partial charge in [-0.1, -0.05) is 84.1 Å². The maximum atomic E-state index is 12.3. The van der Waals surface area contributed by atoms with Crippen molar-refractivity contribution in [1.82, 2.24) is 10.3 Å². The number of amides is 1. The van der Waals surface area contributed by atoms with E-state index in [1.54, 1.807) is 29.6 Å². The van der Waals surface area contributed by atoms with E-state index in [-0.39, 0.29) is 23.9 Å². The molecule has 1 amide bonds. The van der Waals surface area contributed by atoms with Crippen LogP contribution < -0.4 is 10.2 Å². The number of aliphatic hydroxyl groups is 2. The third-order valence-electron chi connectivity index (χ3n) is 6.25. The standard InChI is InChI=1S/C27H24N2O5S/c30-24(25(31)17-11-9-16(10-12-17)23-15-35-27(33)29-23)13-28-26(32)34-14-22-20-7-3-1-5-18(20)19-6-2-4-8-21(19)22/h1-12,15,22,24-25,30-31H,13-14H2,(H,28,32)(H,29,33). The van der Waals surface area contributed by atoms with Crippen molar-refractivity contribution in [3.05, 3.63) is 105 Å². The fraction of sp³-hybridized carbons (Fsp3) is 0.185. The quantitative estimate of drug-likeness (QED) is 0.314. The fourth-order valence-corrected chi connectivity index (χ4v) is 5.04. The number of aromatic amines is 1. The molecule has 8 heteroatoms. The zero-order valence-electron chi connectivity index (χ0n) is 18.7. The van der Waals surface area contributed by atoms with Gasteiger partial charge in [0.25, 0.3) is 0 Å². The van der Waals surface area contributed by atoms with Crippen molar-refractivity contribution in [2.75, 3.05) is 13.2 Å². The Morgan fingerprint density at radius 1 is 0.971 bits per heavy atom. The van der Waals surface area contributed by atoms with Gasteiger partial charge >= 0.3 is 11.0 Å². The number of nitrogens with one attached hydrogen (secondary N) is 2. The van der Waals surface area contributed by atoms with Gasteiger partial charge in [0.1, 0.15) is 18.8 Å². The van der Waals surface area contributed by atoms with E-state index in [1.807, 2.05) is 36.4 Å². The van der Waals surface area contributed by atoms with Crippen LogP contribution in [0.5, 0.6) is 0 Å².